The van der Waals surface area contributed by atoms with Gasteiger partial charge < -0.3 is 15.5 Å². The first-order valence-corrected chi connectivity index (χ1v) is 12.7. The van der Waals surface area contributed by atoms with Crippen LogP contribution in [0, 0.1) is 5.82 Å². The van der Waals surface area contributed by atoms with Gasteiger partial charge in [-0.3, -0.25) is 9.69 Å². The number of aryl methyl sites for hydroxylation is 1. The van der Waals surface area contributed by atoms with Crippen LogP contribution in [-0.4, -0.2) is 69.9 Å². The van der Waals surface area contributed by atoms with Crippen LogP contribution in [0.5, 0.6) is 0 Å². The molecule has 0 atom stereocenters. The number of benzene rings is 2. The fourth-order valence-electron chi connectivity index (χ4n) is 4.63. The summed E-state index contributed by atoms with van der Waals surface area (Å²) in [5.41, 5.74) is 3.16. The van der Waals surface area contributed by atoms with Crippen molar-refractivity contribution in [3.05, 3.63) is 64.7 Å². The second-order valence-electron chi connectivity index (χ2n) is 9.23. The van der Waals surface area contributed by atoms with Crippen molar-refractivity contribution in [1.29, 1.82) is 0 Å². The van der Waals surface area contributed by atoms with E-state index in [-0.39, 0.29) is 11.7 Å². The number of rotatable bonds is 0. The molecular weight excluding hydrogens is 481 g/mol. The van der Waals surface area contributed by atoms with Gasteiger partial charge in [0.15, 0.2) is 5.82 Å². The first kappa shape index (κ1) is 24.5. The Morgan fingerprint density at radius 3 is 2.64 bits per heavy atom. The van der Waals surface area contributed by atoms with Crippen molar-refractivity contribution in [1.82, 2.24) is 30.1 Å². The Morgan fingerprint density at radius 2 is 1.78 bits per heavy atom. The molecule has 2 aromatic carbocycles. The van der Waals surface area contributed by atoms with E-state index in [0.717, 1.165) is 50.5 Å². The number of carbonyl (C=O) groups excluding carboxylic acids is 1. The predicted octanol–water partition coefficient (Wildman–Crippen LogP) is 3.64. The van der Waals surface area contributed by atoms with Crippen LogP contribution in [0.3, 0.4) is 0 Å². The third-order valence-electron chi connectivity index (χ3n) is 6.56. The van der Waals surface area contributed by atoms with Gasteiger partial charge in [-0.15, -0.1) is 0 Å². The molecule has 3 aromatic rings. The zero-order chi connectivity index (χ0) is 24.9. The third-order valence-corrected chi connectivity index (χ3v) is 6.78. The smallest absolute Gasteiger partial charge is 0.230 e. The molecule has 8 bridgehead atoms. The number of hydrogen-bond donors (Lipinski definition) is 2. The minimum absolute atomic E-state index is 0.0328. The molecular formula is C26H29ClFN7O. The minimum Gasteiger partial charge on any atom is -0.356 e. The second-order valence-corrected chi connectivity index (χ2v) is 9.67. The number of halogens is 2. The van der Waals surface area contributed by atoms with Crippen LogP contribution in [0.15, 0.2) is 42.7 Å². The molecule has 1 fully saturated rings. The Kier molecular flexibility index (Phi) is 7.69. The molecule has 8 nitrogen and oxygen atoms in total. The largest absolute Gasteiger partial charge is 0.356 e. The van der Waals surface area contributed by atoms with E-state index in [1.165, 1.54) is 12.4 Å². The zero-order valence-electron chi connectivity index (χ0n) is 20.0. The zero-order valence-corrected chi connectivity index (χ0v) is 20.8. The van der Waals surface area contributed by atoms with Crippen molar-refractivity contribution < 1.29 is 9.18 Å². The van der Waals surface area contributed by atoms with Crippen LogP contribution < -0.4 is 10.6 Å². The van der Waals surface area contributed by atoms with E-state index < -0.39 is 0 Å². The summed E-state index contributed by atoms with van der Waals surface area (Å²) in [6.07, 6.45) is 3.05. The fraction of sp³-hybridized carbons (Fsp3) is 0.385. The highest BCUT2D eigenvalue weighted by Crippen LogP contribution is 2.25. The van der Waals surface area contributed by atoms with Gasteiger partial charge in [-0.2, -0.15) is 4.98 Å². The quantitative estimate of drug-likeness (QED) is 0.478. The van der Waals surface area contributed by atoms with Gasteiger partial charge in [0.1, 0.15) is 12.1 Å². The lowest BCUT2D eigenvalue weighted by Crippen LogP contribution is -2.46. The SMILES string of the molecule is O=C1CCN2CCN(CC2)Cc2cc(Cl)cc(c2)Nc2ncnc(n2)-c2ccc(F)c(c2)CCCN1. The van der Waals surface area contributed by atoms with Crippen LogP contribution >= 0.6 is 11.6 Å². The number of amides is 1. The number of anilines is 2. The first-order chi connectivity index (χ1) is 17.5. The Labute approximate surface area is 214 Å². The number of carbonyl (C=O) groups is 1. The van der Waals surface area contributed by atoms with Crippen molar-refractivity contribution in [3.8, 4) is 11.4 Å². The van der Waals surface area contributed by atoms with Crippen LogP contribution in [0.2, 0.25) is 5.02 Å². The number of fused-ring (bicyclic) bond motifs is 8. The summed E-state index contributed by atoms with van der Waals surface area (Å²) < 4.78 is 14.5. The molecule has 1 aromatic heterocycles. The first-order valence-electron chi connectivity index (χ1n) is 12.3. The van der Waals surface area contributed by atoms with Crippen molar-refractivity contribution in [2.45, 2.75) is 25.8 Å². The second kappa shape index (κ2) is 11.3. The maximum atomic E-state index is 14.5. The van der Waals surface area contributed by atoms with E-state index in [1.807, 2.05) is 18.2 Å². The molecule has 0 radical (unpaired) electrons. The molecule has 2 N–H and O–H groups in total. The van der Waals surface area contributed by atoms with E-state index in [1.54, 1.807) is 12.1 Å². The van der Waals surface area contributed by atoms with Gasteiger partial charge in [-0.05, 0) is 60.4 Å². The molecule has 1 amide bonds. The summed E-state index contributed by atoms with van der Waals surface area (Å²) in [6.45, 7) is 5.73. The maximum Gasteiger partial charge on any atom is 0.230 e. The van der Waals surface area contributed by atoms with Crippen molar-refractivity contribution in [2.75, 3.05) is 44.6 Å². The van der Waals surface area contributed by atoms with Gasteiger partial charge in [0.2, 0.25) is 11.9 Å². The summed E-state index contributed by atoms with van der Waals surface area (Å²) in [5, 5.41) is 6.84. The molecule has 188 valence electrons. The van der Waals surface area contributed by atoms with Gasteiger partial charge in [-0.1, -0.05) is 11.6 Å². The molecule has 0 unspecified atom stereocenters. The molecule has 36 heavy (non-hydrogen) atoms. The number of nitrogens with zero attached hydrogens (tertiary/aromatic N) is 5. The van der Waals surface area contributed by atoms with Gasteiger partial charge in [0.25, 0.3) is 0 Å². The lowest BCUT2D eigenvalue weighted by Gasteiger charge is -2.34. The molecule has 3 aliphatic heterocycles. The molecule has 4 heterocycles. The monoisotopic (exact) mass is 509 g/mol. The summed E-state index contributed by atoms with van der Waals surface area (Å²) in [6, 6.07) is 10.7. The minimum atomic E-state index is -0.280. The molecule has 1 saturated heterocycles. The Morgan fingerprint density at radius 1 is 0.944 bits per heavy atom. The number of aromatic nitrogens is 3. The van der Waals surface area contributed by atoms with Crippen molar-refractivity contribution in [3.63, 3.8) is 0 Å². The van der Waals surface area contributed by atoms with E-state index in [2.05, 4.69) is 35.4 Å². The number of hydrogen-bond acceptors (Lipinski definition) is 7. The molecule has 0 spiro atoms. The third kappa shape index (κ3) is 6.34. The van der Waals surface area contributed by atoms with Gasteiger partial charge >= 0.3 is 0 Å². The topological polar surface area (TPSA) is 86.3 Å². The average Bonchev–Trinajstić information content (AvgIpc) is 2.86. The van der Waals surface area contributed by atoms with E-state index in [4.69, 9.17) is 11.6 Å². The number of piperazine rings is 1. The highest BCUT2D eigenvalue weighted by Gasteiger charge is 2.18. The van der Waals surface area contributed by atoms with Gasteiger partial charge in [0, 0.05) is 68.5 Å². The number of nitrogens with one attached hydrogen (secondary N) is 2. The summed E-state index contributed by atoms with van der Waals surface area (Å²) in [5.74, 6) is 0.588. The van der Waals surface area contributed by atoms with E-state index in [0.29, 0.717) is 53.7 Å². The van der Waals surface area contributed by atoms with Gasteiger partial charge in [0.05, 0.1) is 0 Å². The molecule has 3 aliphatic rings. The highest BCUT2D eigenvalue weighted by molar-refractivity contribution is 6.31. The Hall–Kier alpha value is -3.14. The molecule has 10 heteroatoms. The van der Waals surface area contributed by atoms with Gasteiger partial charge in [-0.25, -0.2) is 14.4 Å². The van der Waals surface area contributed by atoms with Crippen molar-refractivity contribution in [2.24, 2.45) is 0 Å². The Bertz CT molecular complexity index is 1230. The highest BCUT2D eigenvalue weighted by atomic mass is 35.5. The van der Waals surface area contributed by atoms with Crippen molar-refractivity contribution >= 4 is 29.1 Å². The molecule has 0 aliphatic carbocycles. The summed E-state index contributed by atoms with van der Waals surface area (Å²) in [7, 11) is 0. The van der Waals surface area contributed by atoms with Crippen LogP contribution in [-0.2, 0) is 17.8 Å². The normalized spacial score (nSPS) is 21.0. The molecule has 6 rings (SSSR count). The van der Waals surface area contributed by atoms with Crippen LogP contribution in [0.4, 0.5) is 16.0 Å². The summed E-state index contributed by atoms with van der Waals surface area (Å²) in [4.78, 5) is 30.1. The average molecular weight is 510 g/mol. The van der Waals surface area contributed by atoms with Crippen LogP contribution in [0.25, 0.3) is 11.4 Å². The van der Waals surface area contributed by atoms with E-state index >= 15 is 0 Å². The Balaban J connectivity index is 1.42. The molecule has 0 saturated carbocycles. The fourth-order valence-corrected chi connectivity index (χ4v) is 4.89. The maximum absolute atomic E-state index is 14.5. The van der Waals surface area contributed by atoms with Crippen LogP contribution in [0.1, 0.15) is 24.0 Å². The van der Waals surface area contributed by atoms with E-state index in [9.17, 15) is 9.18 Å². The standard InChI is InChI=1S/C26H29ClFN7O/c27-21-12-18-13-22(15-21)32-26-31-17-30-25(33-26)20-3-4-23(28)19(14-20)2-1-6-29-24(36)5-7-34-8-10-35(16-18)11-9-34/h3-4,12-15,17H,1-2,5-11,16H2,(H,29,36)(H,30,31,32,33). The lowest BCUT2D eigenvalue weighted by molar-refractivity contribution is -0.121. The lowest BCUT2D eigenvalue weighted by atomic mass is 10.0. The predicted molar refractivity (Wildman–Crippen MR) is 138 cm³/mol. The summed E-state index contributed by atoms with van der Waals surface area (Å²) >= 11 is 6.43.